The lowest BCUT2D eigenvalue weighted by Gasteiger charge is -1.89. The van der Waals surface area contributed by atoms with E-state index < -0.39 is 0 Å². The Labute approximate surface area is 53.1 Å². The van der Waals surface area contributed by atoms with Gasteiger partial charge in [0.1, 0.15) is 6.20 Å². The van der Waals surface area contributed by atoms with Gasteiger partial charge in [-0.15, -0.1) is 0 Å². The second-order valence-corrected chi connectivity index (χ2v) is 2.00. The van der Waals surface area contributed by atoms with Crippen LogP contribution in [0.2, 0.25) is 0 Å². The first-order valence-corrected chi connectivity index (χ1v) is 2.88. The Bertz CT molecular complexity index is 198. The van der Waals surface area contributed by atoms with Gasteiger partial charge in [0.15, 0.2) is 0 Å². The number of nitrogens with zero attached hydrogens (tertiary/aromatic N) is 2. The zero-order valence-corrected chi connectivity index (χ0v) is 4.89. The molecule has 1 radical (unpaired) electrons. The molecule has 0 atom stereocenters. The topological polar surface area (TPSA) is 37.8 Å². The summed E-state index contributed by atoms with van der Waals surface area (Å²) in [6.07, 6.45) is 4.29. The number of rotatable bonds is 0. The van der Waals surface area contributed by atoms with Crippen LogP contribution in [0.15, 0.2) is 6.20 Å². The molecule has 0 unspecified atom stereocenters. The van der Waals surface area contributed by atoms with Crippen LogP contribution in [0.4, 0.5) is 0 Å². The molecule has 1 aromatic rings. The van der Waals surface area contributed by atoms with E-state index in [1.807, 2.05) is 0 Å². The summed E-state index contributed by atoms with van der Waals surface area (Å²) in [7, 11) is 0. The predicted molar refractivity (Wildman–Crippen MR) is 31.4 cm³/mol. The van der Waals surface area contributed by atoms with Gasteiger partial charge < -0.3 is 5.32 Å². The van der Waals surface area contributed by atoms with Crippen LogP contribution < -0.4 is 5.32 Å². The Morgan fingerprint density at radius 1 is 1.44 bits per heavy atom. The maximum Gasteiger partial charge on any atom is 0.109 e. The molecule has 0 saturated heterocycles. The number of fused-ring (bicyclic) bond motifs is 1. The van der Waals surface area contributed by atoms with Gasteiger partial charge in [-0.2, -0.15) is 0 Å². The SMILES string of the molecule is [c]1cnc2c(n1)CNC2. The first-order valence-electron chi connectivity index (χ1n) is 2.88. The van der Waals surface area contributed by atoms with Crippen molar-refractivity contribution in [3.05, 3.63) is 23.8 Å². The van der Waals surface area contributed by atoms with E-state index in [4.69, 9.17) is 0 Å². The van der Waals surface area contributed by atoms with E-state index in [1.165, 1.54) is 0 Å². The highest BCUT2D eigenvalue weighted by Gasteiger charge is 2.10. The fourth-order valence-corrected chi connectivity index (χ4v) is 0.941. The van der Waals surface area contributed by atoms with Crippen molar-refractivity contribution in [2.45, 2.75) is 13.1 Å². The van der Waals surface area contributed by atoms with Crippen molar-refractivity contribution in [1.29, 1.82) is 0 Å². The minimum atomic E-state index is 0.847. The van der Waals surface area contributed by atoms with Gasteiger partial charge in [0.05, 0.1) is 17.6 Å². The van der Waals surface area contributed by atoms with Crippen LogP contribution in [0.1, 0.15) is 11.4 Å². The van der Waals surface area contributed by atoms with E-state index in [-0.39, 0.29) is 0 Å². The molecule has 0 amide bonds. The third kappa shape index (κ3) is 0.695. The van der Waals surface area contributed by atoms with Gasteiger partial charge in [-0.25, -0.2) is 4.98 Å². The summed E-state index contributed by atoms with van der Waals surface area (Å²) in [6, 6.07) is 0. The normalized spacial score (nSPS) is 15.6. The van der Waals surface area contributed by atoms with Gasteiger partial charge in [-0.1, -0.05) is 0 Å². The van der Waals surface area contributed by atoms with Crippen molar-refractivity contribution in [3.8, 4) is 0 Å². The molecule has 3 nitrogen and oxygen atoms in total. The zero-order chi connectivity index (χ0) is 6.10. The van der Waals surface area contributed by atoms with Crippen LogP contribution in [-0.4, -0.2) is 9.97 Å². The second-order valence-electron chi connectivity index (χ2n) is 2.00. The van der Waals surface area contributed by atoms with Crippen molar-refractivity contribution >= 4 is 0 Å². The van der Waals surface area contributed by atoms with Gasteiger partial charge >= 0.3 is 0 Å². The average molecular weight is 120 g/mol. The van der Waals surface area contributed by atoms with Gasteiger partial charge in [0, 0.05) is 13.1 Å². The Balaban J connectivity index is 2.54. The summed E-state index contributed by atoms with van der Waals surface area (Å²) in [5.41, 5.74) is 2.10. The first kappa shape index (κ1) is 4.88. The summed E-state index contributed by atoms with van der Waals surface area (Å²) in [4.78, 5) is 8.09. The van der Waals surface area contributed by atoms with E-state index in [0.717, 1.165) is 24.5 Å². The van der Waals surface area contributed by atoms with Crippen LogP contribution in [0.25, 0.3) is 0 Å². The van der Waals surface area contributed by atoms with Crippen LogP contribution in [0.3, 0.4) is 0 Å². The van der Waals surface area contributed by atoms with E-state index in [1.54, 1.807) is 6.20 Å². The molecule has 3 heteroatoms. The summed E-state index contributed by atoms with van der Waals surface area (Å²) in [5.74, 6) is 0. The molecule has 0 aromatic carbocycles. The summed E-state index contributed by atoms with van der Waals surface area (Å²) in [5, 5.41) is 3.14. The molecule has 0 saturated carbocycles. The summed E-state index contributed by atoms with van der Waals surface area (Å²) < 4.78 is 0. The molecule has 1 aliphatic heterocycles. The third-order valence-corrected chi connectivity index (χ3v) is 1.40. The minimum absolute atomic E-state index is 0.847. The Morgan fingerprint density at radius 2 is 2.33 bits per heavy atom. The lowest BCUT2D eigenvalue weighted by Crippen LogP contribution is -2.00. The molecule has 2 rings (SSSR count). The highest BCUT2D eigenvalue weighted by molar-refractivity contribution is 5.13. The second kappa shape index (κ2) is 1.77. The quantitative estimate of drug-likeness (QED) is 0.518. The van der Waals surface area contributed by atoms with E-state index in [9.17, 15) is 0 Å². The zero-order valence-electron chi connectivity index (χ0n) is 4.89. The molecule has 1 aromatic heterocycles. The standard InChI is InChI=1S/C6H6N3/c1-2-9-6-4-7-3-5(6)8-1/h1,7H,3-4H2. The average Bonchev–Trinajstić information content (AvgIpc) is 2.33. The molecular formula is C6H6N3. The van der Waals surface area contributed by atoms with Crippen molar-refractivity contribution < 1.29 is 0 Å². The molecule has 1 aliphatic rings. The smallest absolute Gasteiger partial charge is 0.109 e. The molecule has 0 aliphatic carbocycles. The fraction of sp³-hybridized carbons (Fsp3) is 0.333. The van der Waals surface area contributed by atoms with E-state index >= 15 is 0 Å². The largest absolute Gasteiger partial charge is 0.305 e. The van der Waals surface area contributed by atoms with E-state index in [0.29, 0.717) is 0 Å². The number of hydrogen-bond acceptors (Lipinski definition) is 3. The van der Waals surface area contributed by atoms with Crippen molar-refractivity contribution in [1.82, 2.24) is 15.3 Å². The Hall–Kier alpha value is -0.960. The number of hydrogen-bond donors (Lipinski definition) is 1. The molecule has 0 fully saturated rings. The number of nitrogens with one attached hydrogen (secondary N) is 1. The molecular weight excluding hydrogens is 114 g/mol. The summed E-state index contributed by atoms with van der Waals surface area (Å²) >= 11 is 0. The summed E-state index contributed by atoms with van der Waals surface area (Å²) in [6.45, 7) is 1.71. The van der Waals surface area contributed by atoms with Crippen LogP contribution >= 0.6 is 0 Å². The number of aromatic nitrogens is 2. The van der Waals surface area contributed by atoms with Crippen molar-refractivity contribution in [2.24, 2.45) is 0 Å². The lowest BCUT2D eigenvalue weighted by atomic mass is 10.4. The van der Waals surface area contributed by atoms with Crippen molar-refractivity contribution in [2.75, 3.05) is 0 Å². The van der Waals surface area contributed by atoms with E-state index in [2.05, 4.69) is 21.5 Å². The third-order valence-electron chi connectivity index (χ3n) is 1.40. The van der Waals surface area contributed by atoms with Crippen molar-refractivity contribution in [3.63, 3.8) is 0 Å². The van der Waals surface area contributed by atoms with Gasteiger partial charge in [-0.05, 0) is 0 Å². The van der Waals surface area contributed by atoms with Gasteiger partial charge in [0.25, 0.3) is 0 Å². The fourth-order valence-electron chi connectivity index (χ4n) is 0.941. The molecule has 9 heavy (non-hydrogen) atoms. The first-order chi connectivity index (χ1) is 4.47. The van der Waals surface area contributed by atoms with Crippen LogP contribution in [-0.2, 0) is 13.1 Å². The van der Waals surface area contributed by atoms with Gasteiger partial charge in [0.2, 0.25) is 0 Å². The Kier molecular flexibility index (Phi) is 0.960. The maximum absolute atomic E-state index is 4.08. The molecule has 1 N–H and O–H groups in total. The van der Waals surface area contributed by atoms with Crippen LogP contribution in [0, 0.1) is 6.20 Å². The van der Waals surface area contributed by atoms with Gasteiger partial charge in [-0.3, -0.25) is 4.98 Å². The highest BCUT2D eigenvalue weighted by atomic mass is 15.0. The highest BCUT2D eigenvalue weighted by Crippen LogP contribution is 2.06. The monoisotopic (exact) mass is 120 g/mol. The molecule has 0 spiro atoms. The predicted octanol–water partition coefficient (Wildman–Crippen LogP) is -0.120. The maximum atomic E-state index is 4.08. The lowest BCUT2D eigenvalue weighted by molar-refractivity contribution is 0.753. The molecule has 2 heterocycles. The molecule has 45 valence electrons. The molecule has 0 bridgehead atoms. The minimum Gasteiger partial charge on any atom is -0.305 e. The van der Waals surface area contributed by atoms with Crippen LogP contribution in [0.5, 0.6) is 0 Å². The Morgan fingerprint density at radius 3 is 3.22 bits per heavy atom.